The molecule has 0 aromatic carbocycles. The Morgan fingerprint density at radius 1 is 1.38 bits per heavy atom. The quantitative estimate of drug-likeness (QED) is 0.928. The standard InChI is InChI=1S/C16H25N3O2/c1-11(2)18-8-6-7-13(18)15(21)17-12-9-14(20)19(10-12)16(3,4)5/h6-8,11-12H,9-10H2,1-5H3,(H,17,21). The van der Waals surface area contributed by atoms with Crippen molar-refractivity contribution in [3.05, 3.63) is 24.0 Å². The molecular formula is C16H25N3O2. The van der Waals surface area contributed by atoms with Gasteiger partial charge in [-0.15, -0.1) is 0 Å². The lowest BCUT2D eigenvalue weighted by molar-refractivity contribution is -0.131. The summed E-state index contributed by atoms with van der Waals surface area (Å²) in [6, 6.07) is 3.81. The summed E-state index contributed by atoms with van der Waals surface area (Å²) < 4.78 is 1.94. The third-order valence-corrected chi connectivity index (χ3v) is 3.84. The van der Waals surface area contributed by atoms with Crippen LogP contribution < -0.4 is 5.32 Å². The molecule has 5 heteroatoms. The van der Waals surface area contributed by atoms with Crippen LogP contribution in [0.15, 0.2) is 18.3 Å². The molecule has 2 amide bonds. The van der Waals surface area contributed by atoms with Gasteiger partial charge in [-0.2, -0.15) is 0 Å². The Labute approximate surface area is 126 Å². The lowest BCUT2D eigenvalue weighted by Gasteiger charge is -2.32. The smallest absolute Gasteiger partial charge is 0.268 e. The highest BCUT2D eigenvalue weighted by molar-refractivity contribution is 5.93. The fourth-order valence-electron chi connectivity index (χ4n) is 2.75. The van der Waals surface area contributed by atoms with E-state index in [2.05, 4.69) is 5.32 Å². The SMILES string of the molecule is CC(C)n1cccc1C(=O)NC1CC(=O)N(C(C)(C)C)C1. The van der Waals surface area contributed by atoms with Gasteiger partial charge in [-0.25, -0.2) is 0 Å². The van der Waals surface area contributed by atoms with Gasteiger partial charge in [0.1, 0.15) is 5.69 Å². The first-order chi connectivity index (χ1) is 9.70. The largest absolute Gasteiger partial charge is 0.346 e. The van der Waals surface area contributed by atoms with E-state index in [1.807, 2.05) is 62.4 Å². The van der Waals surface area contributed by atoms with Crippen LogP contribution in [-0.2, 0) is 4.79 Å². The molecule has 0 bridgehead atoms. The van der Waals surface area contributed by atoms with E-state index in [-0.39, 0.29) is 29.4 Å². The summed E-state index contributed by atoms with van der Waals surface area (Å²) >= 11 is 0. The minimum absolute atomic E-state index is 0.104. The van der Waals surface area contributed by atoms with Gasteiger partial charge >= 0.3 is 0 Å². The van der Waals surface area contributed by atoms with Gasteiger partial charge < -0.3 is 14.8 Å². The monoisotopic (exact) mass is 291 g/mol. The molecule has 0 aliphatic carbocycles. The second-order valence-corrected chi connectivity index (χ2v) is 6.94. The van der Waals surface area contributed by atoms with Crippen LogP contribution in [0, 0.1) is 0 Å². The molecule has 2 rings (SSSR count). The van der Waals surface area contributed by atoms with Crippen molar-refractivity contribution < 1.29 is 9.59 Å². The summed E-state index contributed by atoms with van der Waals surface area (Å²) in [4.78, 5) is 26.3. The van der Waals surface area contributed by atoms with Crippen molar-refractivity contribution in [3.63, 3.8) is 0 Å². The summed E-state index contributed by atoms with van der Waals surface area (Å²) in [5, 5.41) is 2.99. The van der Waals surface area contributed by atoms with Crippen molar-refractivity contribution in [2.45, 2.75) is 58.7 Å². The summed E-state index contributed by atoms with van der Waals surface area (Å²) in [7, 11) is 0. The number of likely N-dealkylation sites (tertiary alicyclic amines) is 1. The van der Waals surface area contributed by atoms with Crippen LogP contribution in [0.2, 0.25) is 0 Å². The van der Waals surface area contributed by atoms with Gasteiger partial charge in [0.05, 0.1) is 6.04 Å². The van der Waals surface area contributed by atoms with E-state index in [0.29, 0.717) is 18.7 Å². The van der Waals surface area contributed by atoms with Gasteiger partial charge in [-0.3, -0.25) is 9.59 Å². The average molecular weight is 291 g/mol. The number of nitrogens with zero attached hydrogens (tertiary/aromatic N) is 2. The van der Waals surface area contributed by atoms with Crippen LogP contribution in [0.4, 0.5) is 0 Å². The summed E-state index contributed by atoms with van der Waals surface area (Å²) in [6.07, 6.45) is 2.28. The normalized spacial score (nSPS) is 19.4. The number of carbonyl (C=O) groups is 2. The predicted molar refractivity (Wildman–Crippen MR) is 82.2 cm³/mol. The third-order valence-electron chi connectivity index (χ3n) is 3.84. The van der Waals surface area contributed by atoms with Crippen molar-refractivity contribution >= 4 is 11.8 Å². The van der Waals surface area contributed by atoms with Crippen molar-refractivity contribution in [2.75, 3.05) is 6.54 Å². The topological polar surface area (TPSA) is 54.3 Å². The first kappa shape index (κ1) is 15.6. The number of nitrogens with one attached hydrogen (secondary N) is 1. The van der Waals surface area contributed by atoms with Gasteiger partial charge in [0.15, 0.2) is 0 Å². The van der Waals surface area contributed by atoms with Crippen LogP contribution >= 0.6 is 0 Å². The molecule has 1 aliphatic rings. The number of hydrogen-bond acceptors (Lipinski definition) is 2. The van der Waals surface area contributed by atoms with Crippen LogP contribution in [0.5, 0.6) is 0 Å². The molecule has 1 atom stereocenters. The van der Waals surface area contributed by atoms with Crippen LogP contribution in [0.1, 0.15) is 57.6 Å². The highest BCUT2D eigenvalue weighted by Gasteiger charge is 2.37. The number of carbonyl (C=O) groups excluding carboxylic acids is 2. The second kappa shape index (κ2) is 5.54. The van der Waals surface area contributed by atoms with Gasteiger partial charge in [0, 0.05) is 30.7 Å². The highest BCUT2D eigenvalue weighted by atomic mass is 16.2. The summed E-state index contributed by atoms with van der Waals surface area (Å²) in [5.74, 6) is -0.00528. The van der Waals surface area contributed by atoms with E-state index in [1.54, 1.807) is 0 Å². The minimum atomic E-state index is -0.200. The Balaban J connectivity index is 2.05. The summed E-state index contributed by atoms with van der Waals surface area (Å²) in [6.45, 7) is 10.7. The van der Waals surface area contributed by atoms with Gasteiger partial charge in [0.25, 0.3) is 5.91 Å². The molecule has 0 spiro atoms. The molecule has 1 fully saturated rings. The molecule has 1 aromatic rings. The van der Waals surface area contributed by atoms with E-state index in [0.717, 1.165) is 0 Å². The molecule has 1 aromatic heterocycles. The Hall–Kier alpha value is -1.78. The zero-order chi connectivity index (χ0) is 15.8. The molecular weight excluding hydrogens is 266 g/mol. The second-order valence-electron chi connectivity index (χ2n) is 6.94. The Morgan fingerprint density at radius 2 is 2.05 bits per heavy atom. The van der Waals surface area contributed by atoms with Crippen LogP contribution in [-0.4, -0.2) is 39.4 Å². The van der Waals surface area contributed by atoms with E-state index >= 15 is 0 Å². The molecule has 1 N–H and O–H groups in total. The fraction of sp³-hybridized carbons (Fsp3) is 0.625. The molecule has 21 heavy (non-hydrogen) atoms. The maximum Gasteiger partial charge on any atom is 0.268 e. The maximum atomic E-state index is 12.4. The fourth-order valence-corrected chi connectivity index (χ4v) is 2.75. The van der Waals surface area contributed by atoms with E-state index < -0.39 is 0 Å². The molecule has 0 radical (unpaired) electrons. The van der Waals surface area contributed by atoms with Crippen molar-refractivity contribution in [1.82, 2.24) is 14.8 Å². The molecule has 1 unspecified atom stereocenters. The van der Waals surface area contributed by atoms with E-state index in [4.69, 9.17) is 0 Å². The predicted octanol–water partition coefficient (Wildman–Crippen LogP) is 2.20. The van der Waals surface area contributed by atoms with Gasteiger partial charge in [-0.1, -0.05) is 0 Å². The first-order valence-electron chi connectivity index (χ1n) is 7.48. The van der Waals surface area contributed by atoms with Crippen molar-refractivity contribution in [2.24, 2.45) is 0 Å². The van der Waals surface area contributed by atoms with E-state index in [9.17, 15) is 9.59 Å². The highest BCUT2D eigenvalue weighted by Crippen LogP contribution is 2.22. The molecule has 116 valence electrons. The molecule has 0 saturated carbocycles. The Morgan fingerprint density at radius 3 is 2.57 bits per heavy atom. The van der Waals surface area contributed by atoms with Crippen LogP contribution in [0.25, 0.3) is 0 Å². The zero-order valence-electron chi connectivity index (χ0n) is 13.5. The van der Waals surface area contributed by atoms with Gasteiger partial charge in [0.2, 0.25) is 5.91 Å². The number of aromatic nitrogens is 1. The number of hydrogen-bond donors (Lipinski definition) is 1. The molecule has 1 aliphatic heterocycles. The maximum absolute atomic E-state index is 12.4. The Kier molecular flexibility index (Phi) is 4.12. The lowest BCUT2D eigenvalue weighted by atomic mass is 10.1. The van der Waals surface area contributed by atoms with Crippen molar-refractivity contribution in [1.29, 1.82) is 0 Å². The van der Waals surface area contributed by atoms with E-state index in [1.165, 1.54) is 0 Å². The zero-order valence-corrected chi connectivity index (χ0v) is 13.5. The summed E-state index contributed by atoms with van der Waals surface area (Å²) in [5.41, 5.74) is 0.445. The Bertz CT molecular complexity index is 540. The number of rotatable bonds is 3. The third kappa shape index (κ3) is 3.28. The number of amides is 2. The lowest BCUT2D eigenvalue weighted by Crippen LogP contribution is -2.44. The first-order valence-corrected chi connectivity index (χ1v) is 7.48. The average Bonchev–Trinajstić information content (AvgIpc) is 2.94. The minimum Gasteiger partial charge on any atom is -0.346 e. The van der Waals surface area contributed by atoms with Gasteiger partial charge in [-0.05, 0) is 46.8 Å². The van der Waals surface area contributed by atoms with Crippen molar-refractivity contribution in [3.8, 4) is 0 Å². The molecule has 1 saturated heterocycles. The van der Waals surface area contributed by atoms with Crippen LogP contribution in [0.3, 0.4) is 0 Å². The molecule has 5 nitrogen and oxygen atoms in total. The molecule has 2 heterocycles.